The van der Waals surface area contributed by atoms with E-state index in [1.807, 2.05) is 41.7 Å². The number of benzene rings is 1. The van der Waals surface area contributed by atoms with Crippen molar-refractivity contribution in [2.24, 2.45) is 0 Å². The van der Waals surface area contributed by atoms with Crippen molar-refractivity contribution in [2.45, 2.75) is 118 Å². The number of aldehydes is 1. The van der Waals surface area contributed by atoms with Crippen molar-refractivity contribution in [1.29, 1.82) is 0 Å². The minimum atomic E-state index is -4.19. The van der Waals surface area contributed by atoms with Crippen molar-refractivity contribution in [3.8, 4) is 0 Å². The summed E-state index contributed by atoms with van der Waals surface area (Å²) in [4.78, 5) is 22.7. The second kappa shape index (κ2) is 39.0. The van der Waals surface area contributed by atoms with Gasteiger partial charge in [-0.3, -0.25) is 0 Å². The molecule has 338 valence electrons. The van der Waals surface area contributed by atoms with Crippen molar-refractivity contribution in [3.05, 3.63) is 83.8 Å². The largest absolute Gasteiger partial charge is 0.447 e. The van der Waals surface area contributed by atoms with Gasteiger partial charge in [0.15, 0.2) is 9.84 Å². The Morgan fingerprint density at radius 1 is 1.02 bits per heavy atom. The van der Waals surface area contributed by atoms with E-state index in [0.717, 1.165) is 38.8 Å². The number of hydrogen-bond donors (Lipinski definition) is 4. The fourth-order valence-electron chi connectivity index (χ4n) is 4.25. The quantitative estimate of drug-likeness (QED) is 0.0279. The number of ether oxygens (including phenoxy) is 2. The molecule has 0 saturated heterocycles. The van der Waals surface area contributed by atoms with E-state index in [1.165, 1.54) is 23.3 Å². The van der Waals surface area contributed by atoms with Crippen LogP contribution in [-0.4, -0.2) is 102 Å². The molecule has 4 N–H and O–H groups in total. The highest BCUT2D eigenvalue weighted by molar-refractivity contribution is 7.92. The highest BCUT2D eigenvalue weighted by Gasteiger charge is 2.29. The smallest absolute Gasteiger partial charge is 0.411 e. The van der Waals surface area contributed by atoms with E-state index in [1.54, 1.807) is 6.92 Å². The fraction of sp³-hybridized carbons (Fsp3) is 0.619. The number of allylic oxidation sites excluding steroid dienone is 6. The Morgan fingerprint density at radius 2 is 1.60 bits per heavy atom. The lowest BCUT2D eigenvalue weighted by Gasteiger charge is -2.19. The molecule has 0 bridgehead atoms. The van der Waals surface area contributed by atoms with E-state index >= 15 is 0 Å². The van der Waals surface area contributed by atoms with Crippen LogP contribution in [0.3, 0.4) is 0 Å². The molecule has 0 aliphatic heterocycles. The van der Waals surface area contributed by atoms with Gasteiger partial charge in [0.2, 0.25) is 0 Å². The Morgan fingerprint density at radius 3 is 2.05 bits per heavy atom. The molecule has 0 heterocycles. The van der Waals surface area contributed by atoms with E-state index < -0.39 is 57.2 Å². The molecule has 0 spiro atoms. The van der Waals surface area contributed by atoms with Gasteiger partial charge < -0.3 is 35.3 Å². The minimum absolute atomic E-state index is 0.0540. The molecule has 0 saturated carbocycles. The molecule has 1 aromatic rings. The van der Waals surface area contributed by atoms with E-state index in [0.29, 0.717) is 44.4 Å². The van der Waals surface area contributed by atoms with Crippen LogP contribution in [0, 0.1) is 6.92 Å². The van der Waals surface area contributed by atoms with E-state index in [4.69, 9.17) is 9.47 Å². The Bertz CT molecular complexity index is 1390. The molecule has 1 amide bonds. The lowest BCUT2D eigenvalue weighted by atomic mass is 10.1. The fourth-order valence-corrected chi connectivity index (χ4v) is 6.38. The lowest BCUT2D eigenvalue weighted by Crippen LogP contribution is -2.43. The summed E-state index contributed by atoms with van der Waals surface area (Å²) in [5.41, 5.74) is 2.34. The molecule has 0 radical (unpaired) electrons. The summed E-state index contributed by atoms with van der Waals surface area (Å²) in [6.07, 6.45) is 2.19. The number of halogens is 5. The average Bonchev–Trinajstić information content (AvgIpc) is 3.15. The Hall–Kier alpha value is -3.44. The number of alkyl halides is 4. The van der Waals surface area contributed by atoms with Crippen molar-refractivity contribution < 1.29 is 54.5 Å². The Kier molecular flexibility index (Phi) is 41.2. The minimum Gasteiger partial charge on any atom is -0.447 e. The molecular formula is C42H72F5N3O7S. The number of aryl methyl sites for hydroxylation is 1. The number of alkyl carbamates (subject to hydrolysis) is 1. The summed E-state index contributed by atoms with van der Waals surface area (Å²) < 4.78 is 91.9. The summed E-state index contributed by atoms with van der Waals surface area (Å²) >= 11 is 0. The zero-order chi connectivity index (χ0) is 45.6. The van der Waals surface area contributed by atoms with Crippen LogP contribution in [0.5, 0.6) is 0 Å². The maximum Gasteiger partial charge on any atom is 0.411 e. The number of aliphatic hydroxyl groups is 1. The van der Waals surface area contributed by atoms with Gasteiger partial charge in [-0.25, -0.2) is 22.0 Å². The zero-order valence-electron chi connectivity index (χ0n) is 36.2. The molecule has 1 rings (SSSR count). The molecular weight excluding hydrogens is 786 g/mol. The van der Waals surface area contributed by atoms with Crippen LogP contribution in [0.1, 0.15) is 91.7 Å². The highest BCUT2D eigenvalue weighted by atomic mass is 32.2. The lowest BCUT2D eigenvalue weighted by molar-refractivity contribution is -0.109. The summed E-state index contributed by atoms with van der Waals surface area (Å²) in [6, 6.07) is 7.27. The van der Waals surface area contributed by atoms with Gasteiger partial charge in [-0.05, 0) is 70.4 Å². The summed E-state index contributed by atoms with van der Waals surface area (Å²) in [5.74, 6) is -0.843. The van der Waals surface area contributed by atoms with Gasteiger partial charge in [0, 0.05) is 31.8 Å². The third-order valence-corrected chi connectivity index (χ3v) is 9.40. The maximum atomic E-state index is 12.4. The molecule has 58 heavy (non-hydrogen) atoms. The van der Waals surface area contributed by atoms with Crippen LogP contribution in [0.4, 0.5) is 26.7 Å². The summed E-state index contributed by atoms with van der Waals surface area (Å²) in [6.45, 7) is 22.8. The van der Waals surface area contributed by atoms with Crippen LogP contribution in [0.15, 0.2) is 72.6 Å². The molecule has 10 nitrogen and oxygen atoms in total. The Labute approximate surface area is 345 Å². The van der Waals surface area contributed by atoms with Crippen molar-refractivity contribution >= 4 is 22.2 Å². The monoisotopic (exact) mass is 858 g/mol. The molecule has 0 aliphatic carbocycles. The summed E-state index contributed by atoms with van der Waals surface area (Å²) in [5, 5.41) is 17.4. The number of aliphatic hydroxyl groups excluding tert-OH is 1. The molecule has 0 aliphatic rings. The third kappa shape index (κ3) is 38.1. The number of nitrogens with one attached hydrogen (secondary N) is 3. The van der Waals surface area contributed by atoms with Gasteiger partial charge in [0.25, 0.3) is 0 Å². The van der Waals surface area contributed by atoms with Crippen LogP contribution in [0.2, 0.25) is 0 Å². The second-order valence-electron chi connectivity index (χ2n) is 12.6. The number of carbonyl (C=O) groups excluding carboxylic acids is 2. The maximum absolute atomic E-state index is 12.4. The third-order valence-electron chi connectivity index (χ3n) is 7.09. The van der Waals surface area contributed by atoms with Crippen molar-refractivity contribution in [2.75, 3.05) is 52.4 Å². The predicted molar refractivity (Wildman–Crippen MR) is 227 cm³/mol. The second-order valence-corrected chi connectivity index (χ2v) is 14.9. The molecule has 2 atom stereocenters. The average molecular weight is 858 g/mol. The van der Waals surface area contributed by atoms with Gasteiger partial charge in [0.05, 0.1) is 23.7 Å². The van der Waals surface area contributed by atoms with E-state index in [-0.39, 0.29) is 19.3 Å². The summed E-state index contributed by atoms with van der Waals surface area (Å²) in [7, 11) is -1.63. The topological polar surface area (TPSA) is 143 Å². The van der Waals surface area contributed by atoms with Crippen LogP contribution >= 0.6 is 0 Å². The SMILES string of the molecule is C=C(C)C(F)(F)F.C=C/C(F)=C\C(C)=C/CF.CC.CCCOCCOC(=O)NC(C=O)CS(=O)(=O)C(CCC)CCC.CNCC(O)CNCc1cccc(C)c1. The number of hydrogen-bond acceptors (Lipinski definition) is 9. The molecule has 0 fully saturated rings. The number of amides is 1. The number of likely N-dealkylation sites (N-methyl/N-ethyl adjacent to an activating group) is 1. The Balaban J connectivity index is -0.000000364. The number of carbonyl (C=O) groups is 2. The standard InChI is InChI=1S/C16H31NO6S.C12H20N2O.C8H10F2.C4H5F3.C2H6/c1-4-7-15(8-5-2)24(20,21)13-14(12-18)17-16(19)23-11-10-22-9-6-3;1-10-4-3-5-11(6-10)7-14-9-12(15)8-13-2;1-3-8(10)6-7(2)4-5-9;1-3(2)4(5,6)7;1-2/h12,14-15H,4-11,13H2,1-3H3,(H,17,19);3-6,12-15H,7-9H2,1-2H3;3-4,6H,1,5H2,2H3;1H2,2H3;1-2H3/b;;7-4-,8-6+;;. The number of sulfone groups is 1. The van der Waals surface area contributed by atoms with Gasteiger partial charge in [0.1, 0.15) is 31.4 Å². The molecule has 0 aromatic heterocycles. The zero-order valence-corrected chi connectivity index (χ0v) is 37.0. The molecule has 2 unspecified atom stereocenters. The van der Waals surface area contributed by atoms with Gasteiger partial charge in [-0.2, -0.15) is 13.2 Å². The van der Waals surface area contributed by atoms with Gasteiger partial charge >= 0.3 is 12.3 Å². The van der Waals surface area contributed by atoms with Crippen LogP contribution in [0.25, 0.3) is 0 Å². The molecule has 1 aromatic carbocycles. The highest BCUT2D eigenvalue weighted by Crippen LogP contribution is 2.22. The van der Waals surface area contributed by atoms with Crippen molar-refractivity contribution in [1.82, 2.24) is 16.0 Å². The predicted octanol–water partition coefficient (Wildman–Crippen LogP) is 8.85. The van der Waals surface area contributed by atoms with E-state index in [2.05, 4.69) is 60.3 Å². The molecule has 16 heteroatoms. The first-order chi connectivity index (χ1) is 27.3. The first-order valence-electron chi connectivity index (χ1n) is 19.5. The van der Waals surface area contributed by atoms with Gasteiger partial charge in [-0.15, -0.1) is 0 Å². The van der Waals surface area contributed by atoms with E-state index in [9.17, 15) is 45.1 Å². The first-order valence-corrected chi connectivity index (χ1v) is 21.2. The number of rotatable bonds is 23. The van der Waals surface area contributed by atoms with Crippen LogP contribution < -0.4 is 16.0 Å². The van der Waals surface area contributed by atoms with Crippen LogP contribution in [-0.2, 0) is 30.7 Å². The normalized spacial score (nSPS) is 12.4. The first kappa shape index (κ1) is 61.2. The van der Waals surface area contributed by atoms with Crippen molar-refractivity contribution in [3.63, 3.8) is 0 Å². The van der Waals surface area contributed by atoms with Gasteiger partial charge in [-0.1, -0.05) is 96.5 Å².